The van der Waals surface area contributed by atoms with Crippen LogP contribution in [0.4, 0.5) is 0 Å². The van der Waals surface area contributed by atoms with Crippen LogP contribution in [0.15, 0.2) is 24.3 Å². The van der Waals surface area contributed by atoms with E-state index in [0.29, 0.717) is 36.6 Å². The zero-order valence-electron chi connectivity index (χ0n) is 18.1. The number of hydrogen-bond acceptors (Lipinski definition) is 4. The maximum absolute atomic E-state index is 12.9. The highest BCUT2D eigenvalue weighted by Gasteiger charge is 2.33. The Morgan fingerprint density at radius 1 is 1.10 bits per heavy atom. The molecule has 0 spiro atoms. The van der Waals surface area contributed by atoms with E-state index < -0.39 is 0 Å². The van der Waals surface area contributed by atoms with Crippen LogP contribution in [0.3, 0.4) is 0 Å². The van der Waals surface area contributed by atoms with Crippen LogP contribution in [-0.4, -0.2) is 29.4 Å². The number of benzene rings is 1. The molecule has 1 fully saturated rings. The Labute approximate surface area is 178 Å². The monoisotopic (exact) mass is 409 g/mol. The maximum atomic E-state index is 12.9. The van der Waals surface area contributed by atoms with Crippen molar-refractivity contribution < 1.29 is 19.1 Å². The van der Waals surface area contributed by atoms with Crippen LogP contribution in [0.2, 0.25) is 0 Å². The second-order valence-electron chi connectivity index (χ2n) is 8.80. The summed E-state index contributed by atoms with van der Waals surface area (Å²) in [6.45, 7) is 6.68. The van der Waals surface area contributed by atoms with Crippen molar-refractivity contribution >= 4 is 11.8 Å². The number of aromatic amines is 1. The molecule has 0 bridgehead atoms. The van der Waals surface area contributed by atoms with Crippen molar-refractivity contribution in [2.45, 2.75) is 71.3 Å². The fourth-order valence-corrected chi connectivity index (χ4v) is 4.83. The van der Waals surface area contributed by atoms with E-state index in [0.717, 1.165) is 48.3 Å². The lowest BCUT2D eigenvalue weighted by Crippen LogP contribution is -2.24. The van der Waals surface area contributed by atoms with Gasteiger partial charge in [-0.15, -0.1) is 0 Å². The molecule has 1 atom stereocenters. The largest absolute Gasteiger partial charge is 0.494 e. The second-order valence-corrected chi connectivity index (χ2v) is 8.80. The summed E-state index contributed by atoms with van der Waals surface area (Å²) in [7, 11) is 0. The molecule has 30 heavy (non-hydrogen) atoms. The molecule has 1 saturated carbocycles. The van der Waals surface area contributed by atoms with Gasteiger partial charge in [0.15, 0.2) is 5.78 Å². The van der Waals surface area contributed by atoms with E-state index >= 15 is 0 Å². The normalized spacial score (nSPS) is 23.7. The molecular formula is C25H31NO4. The topological polar surface area (TPSA) is 68.4 Å². The van der Waals surface area contributed by atoms with Crippen LogP contribution in [0.1, 0.15) is 89.5 Å². The van der Waals surface area contributed by atoms with E-state index in [1.807, 2.05) is 38.1 Å². The van der Waals surface area contributed by atoms with Gasteiger partial charge in [0.05, 0.1) is 6.61 Å². The first-order valence-electron chi connectivity index (χ1n) is 11.1. The molecule has 2 aromatic rings. The molecule has 0 unspecified atom stereocenters. The number of esters is 1. The summed E-state index contributed by atoms with van der Waals surface area (Å²) >= 11 is 0. The third-order valence-corrected chi connectivity index (χ3v) is 6.59. The van der Waals surface area contributed by atoms with Gasteiger partial charge in [-0.1, -0.05) is 19.1 Å². The fraction of sp³-hybridized carbons (Fsp3) is 0.520. The van der Waals surface area contributed by atoms with Gasteiger partial charge < -0.3 is 14.5 Å². The van der Waals surface area contributed by atoms with Crippen LogP contribution in [0, 0.1) is 12.8 Å². The molecule has 4 rings (SSSR count). The molecule has 5 nitrogen and oxygen atoms in total. The van der Waals surface area contributed by atoms with E-state index in [-0.39, 0.29) is 23.8 Å². The first kappa shape index (κ1) is 20.7. The summed E-state index contributed by atoms with van der Waals surface area (Å²) in [4.78, 5) is 29.0. The van der Waals surface area contributed by atoms with Gasteiger partial charge in [0.1, 0.15) is 17.5 Å². The van der Waals surface area contributed by atoms with Gasteiger partial charge in [0.2, 0.25) is 0 Å². The zero-order valence-corrected chi connectivity index (χ0v) is 18.1. The molecule has 2 aliphatic rings. The number of rotatable bonds is 5. The minimum Gasteiger partial charge on any atom is -0.494 e. The van der Waals surface area contributed by atoms with E-state index in [1.165, 1.54) is 0 Å². The molecule has 0 saturated heterocycles. The van der Waals surface area contributed by atoms with E-state index in [1.54, 1.807) is 0 Å². The lowest BCUT2D eigenvalue weighted by Gasteiger charge is -2.25. The van der Waals surface area contributed by atoms with Gasteiger partial charge in [0, 0.05) is 17.7 Å². The second kappa shape index (κ2) is 8.66. The summed E-state index contributed by atoms with van der Waals surface area (Å²) in [5.74, 6) is 1.40. The van der Waals surface area contributed by atoms with E-state index in [2.05, 4.69) is 11.9 Å². The molecule has 0 amide bonds. The highest BCUT2D eigenvalue weighted by molar-refractivity contribution is 6.03. The first-order chi connectivity index (χ1) is 14.5. The number of hydrogen-bond donors (Lipinski definition) is 1. The van der Waals surface area contributed by atoms with Gasteiger partial charge in [-0.05, 0) is 81.0 Å². The first-order valence-corrected chi connectivity index (χ1v) is 11.1. The highest BCUT2D eigenvalue weighted by atomic mass is 16.5. The minimum atomic E-state index is -0.327. The predicted molar refractivity (Wildman–Crippen MR) is 115 cm³/mol. The average molecular weight is 410 g/mol. The molecule has 1 aromatic heterocycles. The van der Waals surface area contributed by atoms with Crippen LogP contribution >= 0.6 is 0 Å². The summed E-state index contributed by atoms with van der Waals surface area (Å²) in [6.07, 6.45) is 5.19. The molecule has 0 radical (unpaired) electrons. The Morgan fingerprint density at radius 3 is 2.47 bits per heavy atom. The molecule has 1 heterocycles. The van der Waals surface area contributed by atoms with Crippen molar-refractivity contribution in [2.24, 2.45) is 5.92 Å². The average Bonchev–Trinajstić information content (AvgIpc) is 3.07. The lowest BCUT2D eigenvalue weighted by molar-refractivity contribution is 0.0167. The van der Waals surface area contributed by atoms with Crippen LogP contribution < -0.4 is 4.74 Å². The molecular weight excluding hydrogens is 378 g/mol. The summed E-state index contributed by atoms with van der Waals surface area (Å²) in [6, 6.07) is 7.96. The molecule has 5 heteroatoms. The van der Waals surface area contributed by atoms with E-state index in [9.17, 15) is 9.59 Å². The van der Waals surface area contributed by atoms with Crippen molar-refractivity contribution in [3.63, 3.8) is 0 Å². The number of ketones is 1. The number of carbonyl (C=O) groups excluding carboxylic acids is 2. The molecule has 0 aliphatic heterocycles. The smallest absolute Gasteiger partial charge is 0.355 e. The van der Waals surface area contributed by atoms with Gasteiger partial charge in [0.25, 0.3) is 0 Å². The number of Topliss-reactive ketones (excluding diaryl/α,β-unsaturated/α-hetero) is 1. The number of fused-ring (bicyclic) bond motifs is 1. The van der Waals surface area contributed by atoms with Crippen molar-refractivity contribution in [1.82, 2.24) is 4.98 Å². The fourth-order valence-electron chi connectivity index (χ4n) is 4.83. The Morgan fingerprint density at radius 2 is 1.80 bits per heavy atom. The number of ether oxygens (including phenoxy) is 2. The Kier molecular flexibility index (Phi) is 5.98. The molecule has 1 N–H and O–H groups in total. The van der Waals surface area contributed by atoms with E-state index in [4.69, 9.17) is 9.47 Å². The number of carbonyl (C=O) groups is 2. The van der Waals surface area contributed by atoms with Gasteiger partial charge in [-0.25, -0.2) is 4.79 Å². The van der Waals surface area contributed by atoms with Crippen LogP contribution in [-0.2, 0) is 11.2 Å². The molecule has 1 aromatic carbocycles. The van der Waals surface area contributed by atoms with Crippen LogP contribution in [0.5, 0.6) is 5.75 Å². The van der Waals surface area contributed by atoms with Gasteiger partial charge >= 0.3 is 5.97 Å². The van der Waals surface area contributed by atoms with Crippen molar-refractivity contribution in [1.29, 1.82) is 0 Å². The highest BCUT2D eigenvalue weighted by Crippen LogP contribution is 2.36. The van der Waals surface area contributed by atoms with Crippen LogP contribution in [0.25, 0.3) is 0 Å². The van der Waals surface area contributed by atoms with Gasteiger partial charge in [-0.2, -0.15) is 0 Å². The van der Waals surface area contributed by atoms with Crippen molar-refractivity contribution in [3.05, 3.63) is 52.3 Å². The SMILES string of the molecule is CCOc1ccc([C@H]2CC(=O)c3c([nH]c(C(=O)OC4CCC(C)CC4)c3C)C2)cc1. The summed E-state index contributed by atoms with van der Waals surface area (Å²) in [5, 5.41) is 0. The van der Waals surface area contributed by atoms with Crippen molar-refractivity contribution in [3.8, 4) is 5.75 Å². The number of nitrogens with one attached hydrogen (secondary N) is 1. The Bertz CT molecular complexity index is 919. The zero-order chi connectivity index (χ0) is 21.3. The predicted octanol–water partition coefficient (Wildman–Crippen LogP) is 5.37. The molecule has 2 aliphatic carbocycles. The Balaban J connectivity index is 1.50. The third kappa shape index (κ3) is 4.16. The quantitative estimate of drug-likeness (QED) is 0.674. The maximum Gasteiger partial charge on any atom is 0.355 e. The summed E-state index contributed by atoms with van der Waals surface area (Å²) < 4.78 is 11.3. The lowest BCUT2D eigenvalue weighted by atomic mass is 9.81. The molecule has 160 valence electrons. The Hall–Kier alpha value is -2.56. The van der Waals surface area contributed by atoms with Gasteiger partial charge in [-0.3, -0.25) is 4.79 Å². The van der Waals surface area contributed by atoms with Crippen molar-refractivity contribution in [2.75, 3.05) is 6.61 Å². The summed E-state index contributed by atoms with van der Waals surface area (Å²) in [5.41, 5.74) is 3.83. The minimum absolute atomic E-state index is 0.0132. The number of aromatic nitrogens is 1. The third-order valence-electron chi connectivity index (χ3n) is 6.59. The number of H-pyrrole nitrogens is 1. The standard InChI is InChI=1S/C25H31NO4/c1-4-29-19-11-7-17(8-12-19)18-13-21-23(22(27)14-18)16(3)24(26-21)25(28)30-20-9-5-15(2)6-10-20/h7-8,11-12,15,18,20,26H,4-6,9-10,13-14H2,1-3H3/t15?,18-,20?/m1/s1.